The van der Waals surface area contributed by atoms with E-state index < -0.39 is 0 Å². The molecular formula is C16H29N3O2. The van der Waals surface area contributed by atoms with Gasteiger partial charge in [0.25, 0.3) is 0 Å². The molecule has 0 radical (unpaired) electrons. The molecule has 3 unspecified atom stereocenters. The van der Waals surface area contributed by atoms with Gasteiger partial charge in [0.15, 0.2) is 0 Å². The lowest BCUT2D eigenvalue weighted by molar-refractivity contribution is -0.150. The number of nitrogens with one attached hydrogen (secondary N) is 1. The molecule has 1 aliphatic carbocycles. The Balaban J connectivity index is 1.56. The number of fused-ring (bicyclic) bond motifs is 1. The first-order valence-electron chi connectivity index (χ1n) is 8.58. The molecule has 1 saturated carbocycles. The predicted octanol–water partition coefficient (Wildman–Crippen LogP) is 0.840. The molecule has 0 aromatic carbocycles. The third kappa shape index (κ3) is 3.58. The van der Waals surface area contributed by atoms with Gasteiger partial charge in [-0.3, -0.25) is 9.69 Å². The van der Waals surface area contributed by atoms with E-state index in [9.17, 15) is 4.79 Å². The van der Waals surface area contributed by atoms with E-state index in [0.717, 1.165) is 32.5 Å². The Morgan fingerprint density at radius 1 is 1.19 bits per heavy atom. The largest absolute Gasteiger partial charge is 0.374 e. The molecule has 5 nitrogen and oxygen atoms in total. The lowest BCUT2D eigenvalue weighted by atomic mass is 9.90. The summed E-state index contributed by atoms with van der Waals surface area (Å²) in [6.45, 7) is 4.14. The van der Waals surface area contributed by atoms with Gasteiger partial charge in [-0.2, -0.15) is 0 Å². The second-order valence-corrected chi connectivity index (χ2v) is 6.71. The van der Waals surface area contributed by atoms with E-state index in [1.54, 1.807) is 0 Å². The number of likely N-dealkylation sites (N-methyl/N-ethyl adjacent to an activating group) is 1. The number of ether oxygens (including phenoxy) is 1. The lowest BCUT2D eigenvalue weighted by Gasteiger charge is -2.44. The van der Waals surface area contributed by atoms with Gasteiger partial charge in [0.2, 0.25) is 5.91 Å². The Labute approximate surface area is 128 Å². The van der Waals surface area contributed by atoms with Crippen molar-refractivity contribution in [1.29, 1.82) is 0 Å². The van der Waals surface area contributed by atoms with Gasteiger partial charge in [-0.1, -0.05) is 12.8 Å². The van der Waals surface area contributed by atoms with Crippen LogP contribution in [0.5, 0.6) is 0 Å². The molecule has 120 valence electrons. The van der Waals surface area contributed by atoms with Crippen molar-refractivity contribution in [1.82, 2.24) is 15.1 Å². The van der Waals surface area contributed by atoms with E-state index in [4.69, 9.17) is 4.74 Å². The Morgan fingerprint density at radius 2 is 2.05 bits per heavy atom. The standard InChI is InChI=1S/C16H29N3O2/c1-17-13-5-4-8-18(11-13)12-16(20)19-9-10-21-15-7-3-2-6-14(15)19/h13-15,17H,2-12H2,1H3. The fraction of sp³-hybridized carbons (Fsp3) is 0.938. The number of carbonyl (C=O) groups is 1. The molecule has 0 aromatic rings. The molecule has 0 bridgehead atoms. The summed E-state index contributed by atoms with van der Waals surface area (Å²) in [6, 6.07) is 0.878. The quantitative estimate of drug-likeness (QED) is 0.838. The number of nitrogens with zero attached hydrogens (tertiary/aromatic N) is 2. The van der Waals surface area contributed by atoms with Gasteiger partial charge in [-0.05, 0) is 39.3 Å². The Hall–Kier alpha value is -0.650. The summed E-state index contributed by atoms with van der Waals surface area (Å²) < 4.78 is 5.87. The van der Waals surface area contributed by atoms with E-state index in [0.29, 0.717) is 37.2 Å². The van der Waals surface area contributed by atoms with Crippen LogP contribution in [0.4, 0.5) is 0 Å². The lowest BCUT2D eigenvalue weighted by Crippen LogP contribution is -2.57. The van der Waals surface area contributed by atoms with Gasteiger partial charge in [-0.25, -0.2) is 0 Å². The number of carbonyl (C=O) groups excluding carboxylic acids is 1. The van der Waals surface area contributed by atoms with Crippen molar-refractivity contribution >= 4 is 5.91 Å². The topological polar surface area (TPSA) is 44.8 Å². The Bertz CT molecular complexity index is 361. The number of morpholine rings is 1. The van der Waals surface area contributed by atoms with Gasteiger partial charge >= 0.3 is 0 Å². The van der Waals surface area contributed by atoms with Gasteiger partial charge in [0.1, 0.15) is 0 Å². The Kier molecular flexibility index (Phi) is 5.14. The van der Waals surface area contributed by atoms with E-state index in [-0.39, 0.29) is 0 Å². The summed E-state index contributed by atoms with van der Waals surface area (Å²) >= 11 is 0. The number of hydrogen-bond donors (Lipinski definition) is 1. The Morgan fingerprint density at radius 3 is 2.90 bits per heavy atom. The minimum atomic E-state index is 0.294. The van der Waals surface area contributed by atoms with Crippen molar-refractivity contribution in [3.05, 3.63) is 0 Å². The minimum Gasteiger partial charge on any atom is -0.374 e. The average Bonchev–Trinajstić information content (AvgIpc) is 2.54. The normalized spacial score (nSPS) is 34.5. The third-order valence-electron chi connectivity index (χ3n) is 5.33. The van der Waals surface area contributed by atoms with E-state index in [1.807, 2.05) is 7.05 Å². The maximum absolute atomic E-state index is 12.7. The van der Waals surface area contributed by atoms with E-state index in [2.05, 4.69) is 15.1 Å². The molecule has 3 atom stereocenters. The van der Waals surface area contributed by atoms with Crippen molar-refractivity contribution in [2.24, 2.45) is 0 Å². The molecule has 2 aliphatic heterocycles. The van der Waals surface area contributed by atoms with Gasteiger partial charge < -0.3 is 15.0 Å². The number of piperidine rings is 1. The van der Waals surface area contributed by atoms with Crippen LogP contribution >= 0.6 is 0 Å². The van der Waals surface area contributed by atoms with Gasteiger partial charge in [0.05, 0.1) is 25.3 Å². The fourth-order valence-electron chi connectivity index (χ4n) is 4.12. The highest BCUT2D eigenvalue weighted by molar-refractivity contribution is 5.78. The molecule has 0 spiro atoms. The molecule has 3 fully saturated rings. The smallest absolute Gasteiger partial charge is 0.237 e. The third-order valence-corrected chi connectivity index (χ3v) is 5.33. The molecule has 1 amide bonds. The van der Waals surface area contributed by atoms with Crippen LogP contribution in [-0.4, -0.2) is 73.7 Å². The second-order valence-electron chi connectivity index (χ2n) is 6.71. The highest BCUT2D eigenvalue weighted by atomic mass is 16.5. The monoisotopic (exact) mass is 295 g/mol. The van der Waals surface area contributed by atoms with Gasteiger partial charge in [-0.15, -0.1) is 0 Å². The van der Waals surface area contributed by atoms with Crippen molar-refractivity contribution in [3.63, 3.8) is 0 Å². The number of likely N-dealkylation sites (tertiary alicyclic amines) is 1. The number of amides is 1. The van der Waals surface area contributed by atoms with Gasteiger partial charge in [0, 0.05) is 19.1 Å². The van der Waals surface area contributed by atoms with Crippen LogP contribution in [0, 0.1) is 0 Å². The first kappa shape index (κ1) is 15.3. The summed E-state index contributed by atoms with van der Waals surface area (Å²) in [5.41, 5.74) is 0. The first-order chi connectivity index (χ1) is 10.3. The van der Waals surface area contributed by atoms with Crippen LogP contribution in [0.2, 0.25) is 0 Å². The maximum atomic E-state index is 12.7. The first-order valence-corrected chi connectivity index (χ1v) is 8.58. The molecule has 5 heteroatoms. The molecule has 2 saturated heterocycles. The molecule has 3 rings (SSSR count). The van der Waals surface area contributed by atoms with Crippen molar-refractivity contribution in [2.45, 2.75) is 56.7 Å². The van der Waals surface area contributed by atoms with Crippen LogP contribution in [-0.2, 0) is 9.53 Å². The molecule has 21 heavy (non-hydrogen) atoms. The highest BCUT2D eigenvalue weighted by Crippen LogP contribution is 2.28. The molecular weight excluding hydrogens is 266 g/mol. The summed E-state index contributed by atoms with van der Waals surface area (Å²) in [5, 5.41) is 3.35. The van der Waals surface area contributed by atoms with E-state index >= 15 is 0 Å². The van der Waals surface area contributed by atoms with Crippen molar-refractivity contribution < 1.29 is 9.53 Å². The molecule has 3 aliphatic rings. The minimum absolute atomic E-state index is 0.294. The maximum Gasteiger partial charge on any atom is 0.237 e. The fourth-order valence-corrected chi connectivity index (χ4v) is 4.12. The zero-order chi connectivity index (χ0) is 14.7. The number of hydrogen-bond acceptors (Lipinski definition) is 4. The van der Waals surface area contributed by atoms with Crippen LogP contribution in [0.3, 0.4) is 0 Å². The summed E-state index contributed by atoms with van der Waals surface area (Å²) in [5.74, 6) is 0.312. The van der Waals surface area contributed by atoms with E-state index in [1.165, 1.54) is 25.7 Å². The van der Waals surface area contributed by atoms with Crippen molar-refractivity contribution in [3.8, 4) is 0 Å². The predicted molar refractivity (Wildman–Crippen MR) is 82.2 cm³/mol. The summed E-state index contributed by atoms with van der Waals surface area (Å²) in [4.78, 5) is 17.2. The number of rotatable bonds is 3. The summed E-state index contributed by atoms with van der Waals surface area (Å²) in [7, 11) is 2.02. The molecule has 2 heterocycles. The van der Waals surface area contributed by atoms with Crippen LogP contribution in [0.15, 0.2) is 0 Å². The van der Waals surface area contributed by atoms with Crippen LogP contribution in [0.1, 0.15) is 38.5 Å². The highest BCUT2D eigenvalue weighted by Gasteiger charge is 2.37. The average molecular weight is 295 g/mol. The summed E-state index contributed by atoms with van der Waals surface area (Å²) in [6.07, 6.45) is 7.44. The second kappa shape index (κ2) is 7.07. The van der Waals surface area contributed by atoms with Crippen LogP contribution in [0.25, 0.3) is 0 Å². The molecule has 1 N–H and O–H groups in total. The zero-order valence-electron chi connectivity index (χ0n) is 13.2. The van der Waals surface area contributed by atoms with Crippen molar-refractivity contribution in [2.75, 3.05) is 39.8 Å². The zero-order valence-corrected chi connectivity index (χ0v) is 13.2. The SMILES string of the molecule is CNC1CCCN(CC(=O)N2CCOC3CCCCC32)C1. The molecule has 0 aromatic heterocycles. The van der Waals surface area contributed by atoms with Crippen LogP contribution < -0.4 is 5.32 Å².